The van der Waals surface area contributed by atoms with Crippen molar-refractivity contribution < 1.29 is 9.47 Å². The second-order valence-electron chi connectivity index (χ2n) is 1.01. The maximum Gasteiger partial charge on any atom is 0.121 e. The second kappa shape index (κ2) is 6.34. The van der Waals surface area contributed by atoms with Gasteiger partial charge >= 0.3 is 0 Å². The van der Waals surface area contributed by atoms with E-state index < -0.39 is 0 Å². The summed E-state index contributed by atoms with van der Waals surface area (Å²) >= 11 is 0. The van der Waals surface area contributed by atoms with Gasteiger partial charge in [-0.05, 0) is 0 Å². The predicted molar refractivity (Wildman–Crippen MR) is 32.4 cm³/mol. The van der Waals surface area contributed by atoms with Gasteiger partial charge in [-0.3, -0.25) is 0 Å². The van der Waals surface area contributed by atoms with Gasteiger partial charge in [0.25, 0.3) is 0 Å². The Morgan fingerprint density at radius 1 is 1.00 bits per heavy atom. The van der Waals surface area contributed by atoms with Gasteiger partial charge in [-0.25, -0.2) is 0 Å². The Labute approximate surface area is 50.1 Å². The van der Waals surface area contributed by atoms with Gasteiger partial charge in [0, 0.05) is 0 Å². The van der Waals surface area contributed by atoms with Gasteiger partial charge in [-0.2, -0.15) is 0 Å². The molecule has 0 bridgehead atoms. The first-order valence-electron chi connectivity index (χ1n) is 2.88. The van der Waals surface area contributed by atoms with E-state index in [1.165, 1.54) is 0 Å². The Kier molecular flexibility index (Phi) is 5.82. The molecule has 1 aliphatic heterocycles. The van der Waals surface area contributed by atoms with Crippen LogP contribution < -0.4 is 0 Å². The largest absolute Gasteiger partial charge is 0.494 e. The molecule has 0 N–H and O–H groups in total. The standard InChI is InChI=1S/C4H6O2.C2H6/c1-2-6-4-3-5-1;1-2/h1-2H,3-4H2;1-2H3. The topological polar surface area (TPSA) is 18.5 Å². The lowest BCUT2D eigenvalue weighted by Gasteiger charge is -2.04. The molecule has 0 atom stereocenters. The highest BCUT2D eigenvalue weighted by molar-refractivity contribution is 4.64. The zero-order valence-electron chi connectivity index (χ0n) is 5.39. The van der Waals surface area contributed by atoms with Crippen molar-refractivity contribution in [1.29, 1.82) is 0 Å². The van der Waals surface area contributed by atoms with Crippen LogP contribution in [0.5, 0.6) is 0 Å². The van der Waals surface area contributed by atoms with Gasteiger partial charge in [0.1, 0.15) is 25.7 Å². The molecule has 0 amide bonds. The molecule has 1 aliphatic rings. The van der Waals surface area contributed by atoms with Crippen molar-refractivity contribution in [2.24, 2.45) is 0 Å². The molecular weight excluding hydrogens is 104 g/mol. The van der Waals surface area contributed by atoms with Gasteiger partial charge in [0.15, 0.2) is 0 Å². The molecule has 8 heavy (non-hydrogen) atoms. The summed E-state index contributed by atoms with van der Waals surface area (Å²) in [6, 6.07) is 0. The van der Waals surface area contributed by atoms with E-state index in [1.807, 2.05) is 13.8 Å². The summed E-state index contributed by atoms with van der Waals surface area (Å²) in [4.78, 5) is 0. The molecule has 0 aromatic carbocycles. The normalized spacial score (nSPS) is 14.8. The van der Waals surface area contributed by atoms with Crippen LogP contribution in [0.2, 0.25) is 0 Å². The van der Waals surface area contributed by atoms with Crippen molar-refractivity contribution in [2.75, 3.05) is 13.2 Å². The van der Waals surface area contributed by atoms with Crippen LogP contribution in [0.15, 0.2) is 12.5 Å². The third-order valence-corrected chi connectivity index (χ3v) is 0.567. The van der Waals surface area contributed by atoms with Gasteiger partial charge in [0.05, 0.1) is 0 Å². The molecule has 0 fully saturated rings. The monoisotopic (exact) mass is 116 g/mol. The molecule has 0 radical (unpaired) electrons. The summed E-state index contributed by atoms with van der Waals surface area (Å²) in [5.41, 5.74) is 0. The van der Waals surface area contributed by atoms with Gasteiger partial charge in [-0.1, -0.05) is 13.8 Å². The Morgan fingerprint density at radius 3 is 1.50 bits per heavy atom. The minimum atomic E-state index is 0.691. The highest BCUT2D eigenvalue weighted by Crippen LogP contribution is 1.87. The molecule has 0 aliphatic carbocycles. The first-order chi connectivity index (χ1) is 4.00. The van der Waals surface area contributed by atoms with Crippen molar-refractivity contribution in [1.82, 2.24) is 0 Å². The fourth-order valence-electron chi connectivity index (χ4n) is 0.311. The average Bonchev–Trinajstić information content (AvgIpc) is 1.96. The molecule has 0 aromatic rings. The van der Waals surface area contributed by atoms with Crippen LogP contribution in [0.4, 0.5) is 0 Å². The molecule has 1 rings (SSSR count). The molecule has 0 aromatic heterocycles. The summed E-state index contributed by atoms with van der Waals surface area (Å²) in [5, 5.41) is 0. The van der Waals surface area contributed by atoms with Crippen LogP contribution in [-0.2, 0) is 9.47 Å². The summed E-state index contributed by atoms with van der Waals surface area (Å²) in [6.07, 6.45) is 3.09. The maximum absolute atomic E-state index is 4.76. The van der Waals surface area contributed by atoms with E-state index in [2.05, 4.69) is 0 Å². The third kappa shape index (κ3) is 3.53. The fourth-order valence-corrected chi connectivity index (χ4v) is 0.311. The molecule has 0 saturated heterocycles. The first-order valence-corrected chi connectivity index (χ1v) is 2.88. The maximum atomic E-state index is 4.76. The van der Waals surface area contributed by atoms with E-state index in [-0.39, 0.29) is 0 Å². The highest BCUT2D eigenvalue weighted by Gasteiger charge is 1.85. The molecule has 0 unspecified atom stereocenters. The number of rotatable bonds is 0. The van der Waals surface area contributed by atoms with E-state index in [1.54, 1.807) is 12.5 Å². The summed E-state index contributed by atoms with van der Waals surface area (Å²) in [5.74, 6) is 0. The predicted octanol–water partition coefficient (Wildman–Crippen LogP) is 1.53. The Bertz CT molecular complexity index is 51.5. The molecule has 0 saturated carbocycles. The minimum absolute atomic E-state index is 0.691. The van der Waals surface area contributed by atoms with Crippen molar-refractivity contribution >= 4 is 0 Å². The number of hydrogen-bond donors (Lipinski definition) is 0. The molecular formula is C6H12O2. The molecule has 1 heterocycles. The van der Waals surface area contributed by atoms with Crippen molar-refractivity contribution in [2.45, 2.75) is 13.8 Å². The van der Waals surface area contributed by atoms with Crippen molar-refractivity contribution in [3.63, 3.8) is 0 Å². The summed E-state index contributed by atoms with van der Waals surface area (Å²) in [6.45, 7) is 5.38. The quantitative estimate of drug-likeness (QED) is 0.478. The molecule has 2 heteroatoms. The summed E-state index contributed by atoms with van der Waals surface area (Å²) in [7, 11) is 0. The van der Waals surface area contributed by atoms with Crippen LogP contribution in [0.1, 0.15) is 13.8 Å². The van der Waals surface area contributed by atoms with Crippen LogP contribution in [0.25, 0.3) is 0 Å². The van der Waals surface area contributed by atoms with Crippen LogP contribution in [-0.4, -0.2) is 13.2 Å². The third-order valence-electron chi connectivity index (χ3n) is 0.567. The van der Waals surface area contributed by atoms with Crippen molar-refractivity contribution in [3.8, 4) is 0 Å². The van der Waals surface area contributed by atoms with E-state index >= 15 is 0 Å². The smallest absolute Gasteiger partial charge is 0.121 e. The Balaban J connectivity index is 0.000000222. The highest BCUT2D eigenvalue weighted by atomic mass is 16.5. The van der Waals surface area contributed by atoms with E-state index in [0.717, 1.165) is 0 Å². The molecule has 2 nitrogen and oxygen atoms in total. The van der Waals surface area contributed by atoms with Crippen molar-refractivity contribution in [3.05, 3.63) is 12.5 Å². The zero-order valence-corrected chi connectivity index (χ0v) is 5.39. The average molecular weight is 116 g/mol. The van der Waals surface area contributed by atoms with Crippen LogP contribution >= 0.6 is 0 Å². The SMILES string of the molecule is C1=COCCO1.CC. The number of hydrogen-bond acceptors (Lipinski definition) is 2. The fraction of sp³-hybridized carbons (Fsp3) is 0.667. The Morgan fingerprint density at radius 2 is 1.38 bits per heavy atom. The van der Waals surface area contributed by atoms with Crippen LogP contribution in [0, 0.1) is 0 Å². The van der Waals surface area contributed by atoms with Gasteiger partial charge in [0.2, 0.25) is 0 Å². The van der Waals surface area contributed by atoms with Gasteiger partial charge in [-0.15, -0.1) is 0 Å². The van der Waals surface area contributed by atoms with Gasteiger partial charge < -0.3 is 9.47 Å². The van der Waals surface area contributed by atoms with Crippen LogP contribution in [0.3, 0.4) is 0 Å². The second-order valence-corrected chi connectivity index (χ2v) is 1.01. The lowest BCUT2D eigenvalue weighted by atomic mass is 10.7. The Hall–Kier alpha value is -0.660. The lowest BCUT2D eigenvalue weighted by Crippen LogP contribution is -2.00. The lowest BCUT2D eigenvalue weighted by molar-refractivity contribution is 0.108. The van der Waals surface area contributed by atoms with E-state index in [4.69, 9.17) is 9.47 Å². The molecule has 48 valence electrons. The molecule has 0 spiro atoms. The zero-order chi connectivity index (χ0) is 6.24. The van der Waals surface area contributed by atoms with E-state index in [9.17, 15) is 0 Å². The van der Waals surface area contributed by atoms with E-state index in [0.29, 0.717) is 13.2 Å². The number of ether oxygens (including phenoxy) is 2. The summed E-state index contributed by atoms with van der Waals surface area (Å²) < 4.78 is 9.53. The first kappa shape index (κ1) is 7.34. The minimum Gasteiger partial charge on any atom is -0.494 e.